The van der Waals surface area contributed by atoms with Crippen molar-refractivity contribution in [2.75, 3.05) is 18.4 Å². The van der Waals surface area contributed by atoms with E-state index < -0.39 is 0 Å². The van der Waals surface area contributed by atoms with Gasteiger partial charge in [0.15, 0.2) is 0 Å². The molecule has 0 saturated heterocycles. The van der Waals surface area contributed by atoms with E-state index in [0.717, 1.165) is 17.8 Å². The first-order valence-electron chi connectivity index (χ1n) is 8.06. The van der Waals surface area contributed by atoms with Gasteiger partial charge in [-0.25, -0.2) is 4.98 Å². The third-order valence-electron chi connectivity index (χ3n) is 4.04. The fourth-order valence-electron chi connectivity index (χ4n) is 2.51. The number of hydrogen-bond acceptors (Lipinski definition) is 5. The summed E-state index contributed by atoms with van der Waals surface area (Å²) in [5.41, 5.74) is 1.78. The van der Waals surface area contributed by atoms with E-state index in [0.29, 0.717) is 17.5 Å². The number of nitrogens with zero attached hydrogens (tertiary/aromatic N) is 4. The number of hydrogen-bond donors (Lipinski definition) is 2. The molecule has 0 atom stereocenters. The van der Waals surface area contributed by atoms with Crippen molar-refractivity contribution in [3.05, 3.63) is 42.7 Å². The summed E-state index contributed by atoms with van der Waals surface area (Å²) in [6, 6.07) is 11.7. The molecule has 122 valence electrons. The lowest BCUT2D eigenvalue weighted by atomic mass is 10.1. The normalized spacial score (nSPS) is 13.8. The van der Waals surface area contributed by atoms with Gasteiger partial charge in [-0.2, -0.15) is 14.6 Å². The van der Waals surface area contributed by atoms with Crippen molar-refractivity contribution in [2.45, 2.75) is 12.8 Å². The predicted molar refractivity (Wildman–Crippen MR) is 90.4 cm³/mol. The van der Waals surface area contributed by atoms with Crippen molar-refractivity contribution in [2.24, 2.45) is 5.92 Å². The zero-order valence-corrected chi connectivity index (χ0v) is 13.1. The zero-order valence-electron chi connectivity index (χ0n) is 13.1. The van der Waals surface area contributed by atoms with Crippen LogP contribution in [0.15, 0.2) is 42.7 Å². The van der Waals surface area contributed by atoms with Crippen molar-refractivity contribution in [3.8, 4) is 11.3 Å². The molecule has 7 heteroatoms. The molecule has 7 nitrogen and oxygen atoms in total. The molecular formula is C17H18N6O. The van der Waals surface area contributed by atoms with Crippen LogP contribution >= 0.6 is 0 Å². The molecule has 1 aliphatic carbocycles. The predicted octanol–water partition coefficient (Wildman–Crippen LogP) is 1.73. The van der Waals surface area contributed by atoms with E-state index in [1.165, 1.54) is 19.2 Å². The van der Waals surface area contributed by atoms with E-state index in [2.05, 4.69) is 25.7 Å². The molecule has 0 radical (unpaired) electrons. The highest BCUT2D eigenvalue weighted by Crippen LogP contribution is 2.27. The minimum Gasteiger partial charge on any atom is -0.361 e. The van der Waals surface area contributed by atoms with Crippen LogP contribution in [0.3, 0.4) is 0 Å². The molecule has 1 aromatic carbocycles. The highest BCUT2D eigenvalue weighted by atomic mass is 16.1. The van der Waals surface area contributed by atoms with Crippen LogP contribution in [-0.2, 0) is 4.79 Å². The second-order valence-corrected chi connectivity index (χ2v) is 5.97. The zero-order chi connectivity index (χ0) is 16.4. The largest absolute Gasteiger partial charge is 0.361 e. The topological polar surface area (TPSA) is 84.2 Å². The van der Waals surface area contributed by atoms with Crippen LogP contribution in [-0.4, -0.2) is 38.6 Å². The first-order valence-corrected chi connectivity index (χ1v) is 8.06. The molecule has 1 amide bonds. The molecule has 0 bridgehead atoms. The molecule has 2 aromatic heterocycles. The molecule has 2 N–H and O–H groups in total. The summed E-state index contributed by atoms with van der Waals surface area (Å²) in [4.78, 5) is 20.6. The van der Waals surface area contributed by atoms with Gasteiger partial charge in [0, 0.05) is 18.2 Å². The van der Waals surface area contributed by atoms with Crippen LogP contribution in [0.4, 0.5) is 5.82 Å². The molecule has 0 spiro atoms. The maximum Gasteiger partial charge on any atom is 0.254 e. The van der Waals surface area contributed by atoms with Crippen molar-refractivity contribution in [3.63, 3.8) is 0 Å². The minimum absolute atomic E-state index is 0.0201. The second-order valence-electron chi connectivity index (χ2n) is 5.97. The first-order chi connectivity index (χ1) is 11.8. The summed E-state index contributed by atoms with van der Waals surface area (Å²) in [5, 5.41) is 10.2. The number of amides is 1. The molecule has 1 aliphatic rings. The van der Waals surface area contributed by atoms with Crippen molar-refractivity contribution < 1.29 is 4.79 Å². The summed E-state index contributed by atoms with van der Waals surface area (Å²) in [5.74, 6) is 1.84. The van der Waals surface area contributed by atoms with Crippen LogP contribution in [0.1, 0.15) is 12.8 Å². The Morgan fingerprint density at radius 2 is 2.08 bits per heavy atom. The van der Waals surface area contributed by atoms with E-state index >= 15 is 0 Å². The minimum atomic E-state index is -0.0201. The third-order valence-corrected chi connectivity index (χ3v) is 4.04. The van der Waals surface area contributed by atoms with Gasteiger partial charge in [-0.15, -0.1) is 0 Å². The lowest BCUT2D eigenvalue weighted by Gasteiger charge is -2.10. The first kappa shape index (κ1) is 14.6. The summed E-state index contributed by atoms with van der Waals surface area (Å²) in [7, 11) is 0. The molecule has 24 heavy (non-hydrogen) atoms. The lowest BCUT2D eigenvalue weighted by molar-refractivity contribution is -0.119. The Labute approximate surface area is 139 Å². The van der Waals surface area contributed by atoms with Crippen molar-refractivity contribution >= 4 is 17.5 Å². The molecule has 1 fully saturated rings. The van der Waals surface area contributed by atoms with Crippen molar-refractivity contribution in [1.29, 1.82) is 0 Å². The Bertz CT molecular complexity index is 856. The second kappa shape index (κ2) is 6.27. The van der Waals surface area contributed by atoms with Gasteiger partial charge in [-0.3, -0.25) is 4.79 Å². The highest BCUT2D eigenvalue weighted by molar-refractivity contribution is 5.80. The summed E-state index contributed by atoms with van der Waals surface area (Å²) < 4.78 is 1.60. The summed E-state index contributed by atoms with van der Waals surface area (Å²) in [6.07, 6.45) is 3.89. The fraction of sp³-hybridized carbons (Fsp3) is 0.294. The SMILES string of the molecule is O=C(CNc1cc(-c2ccccc2)nc2ncnn12)NCC1CC1. The van der Waals surface area contributed by atoms with Crippen LogP contribution in [0, 0.1) is 5.92 Å². The molecule has 3 aromatic rings. The number of fused-ring (bicyclic) bond motifs is 1. The maximum absolute atomic E-state index is 11.9. The molecule has 0 unspecified atom stereocenters. The molecule has 2 heterocycles. The smallest absolute Gasteiger partial charge is 0.254 e. The van der Waals surface area contributed by atoms with Gasteiger partial charge in [0.1, 0.15) is 12.1 Å². The Hall–Kier alpha value is -2.96. The quantitative estimate of drug-likeness (QED) is 0.722. The lowest BCUT2D eigenvalue weighted by Crippen LogP contribution is -2.31. The third kappa shape index (κ3) is 3.19. The Balaban J connectivity index is 1.54. The highest BCUT2D eigenvalue weighted by Gasteiger charge is 2.21. The molecule has 4 rings (SSSR count). The number of carbonyl (C=O) groups is 1. The van der Waals surface area contributed by atoms with Gasteiger partial charge < -0.3 is 10.6 Å². The van der Waals surface area contributed by atoms with E-state index in [1.54, 1.807) is 4.52 Å². The van der Waals surface area contributed by atoms with E-state index in [1.807, 2.05) is 36.4 Å². The van der Waals surface area contributed by atoms with Gasteiger partial charge in [0.05, 0.1) is 12.2 Å². The maximum atomic E-state index is 11.9. The van der Waals surface area contributed by atoms with Crippen LogP contribution in [0.5, 0.6) is 0 Å². The number of rotatable bonds is 6. The van der Waals surface area contributed by atoms with E-state index in [-0.39, 0.29) is 12.5 Å². The molecule has 0 aliphatic heterocycles. The van der Waals surface area contributed by atoms with Crippen LogP contribution < -0.4 is 10.6 Å². The van der Waals surface area contributed by atoms with Crippen molar-refractivity contribution in [1.82, 2.24) is 24.9 Å². The number of anilines is 1. The molecule has 1 saturated carbocycles. The average molecular weight is 322 g/mol. The van der Waals surface area contributed by atoms with Gasteiger partial charge in [-0.1, -0.05) is 30.3 Å². The summed E-state index contributed by atoms with van der Waals surface area (Å²) >= 11 is 0. The Kier molecular flexibility index (Phi) is 3.82. The van der Waals surface area contributed by atoms with Gasteiger partial charge in [0.2, 0.25) is 5.91 Å². The van der Waals surface area contributed by atoms with Crippen LogP contribution in [0.25, 0.3) is 17.0 Å². The average Bonchev–Trinajstić information content (AvgIpc) is 3.33. The monoisotopic (exact) mass is 322 g/mol. The Morgan fingerprint density at radius 3 is 2.88 bits per heavy atom. The van der Waals surface area contributed by atoms with E-state index in [4.69, 9.17) is 0 Å². The molecular weight excluding hydrogens is 304 g/mol. The standard InChI is InChI=1S/C17H18N6O/c24-16(19-9-12-6-7-12)10-18-15-8-14(13-4-2-1-3-5-13)22-17-20-11-21-23(15)17/h1-5,8,11-12,18H,6-7,9-10H2,(H,19,24). The summed E-state index contributed by atoms with van der Waals surface area (Å²) in [6.45, 7) is 0.963. The van der Waals surface area contributed by atoms with Gasteiger partial charge in [0.25, 0.3) is 5.78 Å². The number of nitrogens with one attached hydrogen (secondary N) is 2. The Morgan fingerprint density at radius 1 is 1.25 bits per heavy atom. The number of carbonyl (C=O) groups excluding carboxylic acids is 1. The number of aromatic nitrogens is 4. The van der Waals surface area contributed by atoms with Gasteiger partial charge >= 0.3 is 0 Å². The fourth-order valence-corrected chi connectivity index (χ4v) is 2.51. The van der Waals surface area contributed by atoms with E-state index in [9.17, 15) is 4.79 Å². The number of benzene rings is 1. The van der Waals surface area contributed by atoms with Gasteiger partial charge in [-0.05, 0) is 18.8 Å². The van der Waals surface area contributed by atoms with Crippen LogP contribution in [0.2, 0.25) is 0 Å².